The van der Waals surface area contributed by atoms with Crippen LogP contribution < -0.4 is 21.7 Å². The predicted molar refractivity (Wildman–Crippen MR) is 154 cm³/mol. The van der Waals surface area contributed by atoms with E-state index in [4.69, 9.17) is 16.5 Å². The second-order valence-electron chi connectivity index (χ2n) is 10.0. The molecule has 1 saturated heterocycles. The Labute approximate surface area is 228 Å². The number of fused-ring (bicyclic) bond motifs is 1. The quantitative estimate of drug-likeness (QED) is 0.187. The van der Waals surface area contributed by atoms with Gasteiger partial charge in [0.2, 0.25) is 5.91 Å². The van der Waals surface area contributed by atoms with Gasteiger partial charge in [-0.3, -0.25) is 9.89 Å². The summed E-state index contributed by atoms with van der Waals surface area (Å²) < 4.78 is 0. The van der Waals surface area contributed by atoms with Crippen molar-refractivity contribution >= 4 is 39.9 Å². The SMILES string of the molecule is CC/C=C(\C=C(/CN)NC(=O)C1CC1)c1ccc2[nH]nc(C(N)=Nc3cc(N4CCN(C)CC4)ccn3)c2n1. The Morgan fingerprint density at radius 1 is 1.23 bits per heavy atom. The number of aromatic amines is 1. The van der Waals surface area contributed by atoms with E-state index in [2.05, 4.69) is 55.3 Å². The molecule has 1 aliphatic heterocycles. The maximum Gasteiger partial charge on any atom is 0.227 e. The van der Waals surface area contributed by atoms with Crippen molar-refractivity contribution in [2.24, 2.45) is 22.4 Å². The highest BCUT2D eigenvalue weighted by atomic mass is 16.2. The molecule has 2 aliphatic rings. The van der Waals surface area contributed by atoms with Crippen LogP contribution >= 0.6 is 0 Å². The highest BCUT2D eigenvalue weighted by Crippen LogP contribution is 2.29. The number of hydrogen-bond donors (Lipinski definition) is 4. The summed E-state index contributed by atoms with van der Waals surface area (Å²) in [6.07, 6.45) is 8.35. The van der Waals surface area contributed by atoms with Crippen LogP contribution in [-0.2, 0) is 4.79 Å². The van der Waals surface area contributed by atoms with Crippen molar-refractivity contribution in [3.63, 3.8) is 0 Å². The molecule has 0 spiro atoms. The van der Waals surface area contributed by atoms with Gasteiger partial charge in [0.25, 0.3) is 0 Å². The first-order valence-corrected chi connectivity index (χ1v) is 13.5. The monoisotopic (exact) mass is 528 g/mol. The number of anilines is 1. The maximum absolute atomic E-state index is 12.3. The molecule has 0 aromatic carbocycles. The number of pyridine rings is 2. The number of hydrogen-bond acceptors (Lipinski definition) is 8. The minimum atomic E-state index is 0.0253. The lowest BCUT2D eigenvalue weighted by Crippen LogP contribution is -2.44. The van der Waals surface area contributed by atoms with Crippen molar-refractivity contribution in [2.45, 2.75) is 26.2 Å². The summed E-state index contributed by atoms with van der Waals surface area (Å²) in [5.74, 6) is 0.868. The van der Waals surface area contributed by atoms with Gasteiger partial charge >= 0.3 is 0 Å². The fourth-order valence-corrected chi connectivity index (χ4v) is 4.54. The van der Waals surface area contributed by atoms with Crippen molar-refractivity contribution in [1.29, 1.82) is 0 Å². The van der Waals surface area contributed by atoms with Crippen LogP contribution in [0.4, 0.5) is 11.5 Å². The molecule has 0 atom stereocenters. The van der Waals surface area contributed by atoms with Crippen LogP contribution in [0.25, 0.3) is 16.6 Å². The number of H-pyrrole nitrogens is 1. The van der Waals surface area contributed by atoms with Crippen LogP contribution in [-0.4, -0.2) is 76.6 Å². The largest absolute Gasteiger partial charge is 0.382 e. The average Bonchev–Trinajstić information content (AvgIpc) is 3.71. The molecule has 0 unspecified atom stereocenters. The Morgan fingerprint density at radius 3 is 2.74 bits per heavy atom. The van der Waals surface area contributed by atoms with Gasteiger partial charge in [0.05, 0.1) is 11.2 Å². The normalized spacial score (nSPS) is 17.6. The van der Waals surface area contributed by atoms with E-state index in [1.54, 1.807) is 6.20 Å². The van der Waals surface area contributed by atoms with Crippen LogP contribution in [0.3, 0.4) is 0 Å². The Morgan fingerprint density at radius 2 is 2.03 bits per heavy atom. The molecule has 4 heterocycles. The summed E-state index contributed by atoms with van der Waals surface area (Å²) in [7, 11) is 2.13. The number of aromatic nitrogens is 4. The number of rotatable bonds is 9. The van der Waals surface area contributed by atoms with E-state index in [0.717, 1.165) is 67.9 Å². The van der Waals surface area contributed by atoms with Gasteiger partial charge in [-0.1, -0.05) is 13.0 Å². The number of amidine groups is 1. The first kappa shape index (κ1) is 26.5. The second-order valence-corrected chi connectivity index (χ2v) is 10.0. The van der Waals surface area contributed by atoms with Crippen molar-refractivity contribution in [3.05, 3.63) is 59.7 Å². The van der Waals surface area contributed by atoms with Crippen LogP contribution in [0.1, 0.15) is 37.6 Å². The molecule has 11 heteroatoms. The molecule has 0 bridgehead atoms. The molecule has 1 saturated carbocycles. The number of nitrogens with zero attached hydrogens (tertiary/aromatic N) is 6. The lowest BCUT2D eigenvalue weighted by Gasteiger charge is -2.34. The first-order chi connectivity index (χ1) is 18.9. The molecule has 2 fully saturated rings. The molecule has 6 N–H and O–H groups in total. The zero-order valence-electron chi connectivity index (χ0n) is 22.5. The number of nitrogens with one attached hydrogen (secondary N) is 2. The van der Waals surface area contributed by atoms with Crippen molar-refractivity contribution in [3.8, 4) is 0 Å². The van der Waals surface area contributed by atoms with E-state index in [0.29, 0.717) is 22.7 Å². The van der Waals surface area contributed by atoms with Gasteiger partial charge in [-0.05, 0) is 56.2 Å². The smallest absolute Gasteiger partial charge is 0.227 e. The fourth-order valence-electron chi connectivity index (χ4n) is 4.54. The third kappa shape index (κ3) is 6.32. The van der Waals surface area contributed by atoms with Gasteiger partial charge in [0.15, 0.2) is 17.3 Å². The molecule has 3 aromatic heterocycles. The summed E-state index contributed by atoms with van der Waals surface area (Å²) in [4.78, 5) is 30.8. The summed E-state index contributed by atoms with van der Waals surface area (Å²) in [5, 5.41) is 10.4. The zero-order chi connectivity index (χ0) is 27.4. The van der Waals surface area contributed by atoms with Crippen molar-refractivity contribution < 1.29 is 4.79 Å². The lowest BCUT2D eigenvalue weighted by molar-refractivity contribution is -0.121. The highest BCUT2D eigenvalue weighted by molar-refractivity contribution is 6.06. The molecular formula is C28H36N10O. The van der Waals surface area contributed by atoms with E-state index in [9.17, 15) is 4.79 Å². The molecule has 11 nitrogen and oxygen atoms in total. The van der Waals surface area contributed by atoms with Crippen LogP contribution in [0.15, 0.2) is 53.3 Å². The van der Waals surface area contributed by atoms with Crippen LogP contribution in [0.5, 0.6) is 0 Å². The average molecular weight is 529 g/mol. The number of piperazine rings is 1. The zero-order valence-corrected chi connectivity index (χ0v) is 22.5. The molecule has 1 aliphatic carbocycles. The lowest BCUT2D eigenvalue weighted by atomic mass is 10.1. The van der Waals surface area contributed by atoms with Gasteiger partial charge in [-0.25, -0.2) is 15.0 Å². The molecule has 1 amide bonds. The van der Waals surface area contributed by atoms with Crippen LogP contribution in [0.2, 0.25) is 0 Å². The van der Waals surface area contributed by atoms with Gasteiger partial charge in [-0.2, -0.15) is 5.10 Å². The standard InChI is InChI=1S/C28H36N10O/c1-3-4-19(15-20(17-29)32-28(39)18-5-6-18)22-7-8-23-25(33-22)26(36-35-23)27(30)34-24-16-21(9-10-31-24)38-13-11-37(2)12-14-38/h4,7-10,15-16,18H,3,5-6,11-14,17,29H2,1-2H3,(H,32,39)(H,35,36)(H2,30,31,34)/b19-4+,20-15+. The number of aliphatic imine (C=N–C) groups is 1. The topological polar surface area (TPSA) is 154 Å². The van der Waals surface area contributed by atoms with Gasteiger partial charge in [-0.15, -0.1) is 0 Å². The number of likely N-dealkylation sites (N-methyl/N-ethyl adjacent to an activating group) is 1. The number of carbonyl (C=O) groups excluding carboxylic acids is 1. The Balaban J connectivity index is 1.42. The van der Waals surface area contributed by atoms with Crippen molar-refractivity contribution in [1.82, 2.24) is 30.4 Å². The van der Waals surface area contributed by atoms with E-state index >= 15 is 0 Å². The minimum absolute atomic E-state index is 0.0253. The van der Waals surface area contributed by atoms with Gasteiger partial charge in [0.1, 0.15) is 5.52 Å². The number of allylic oxidation sites excluding steroid dienone is 3. The van der Waals surface area contributed by atoms with Gasteiger partial charge < -0.3 is 26.6 Å². The minimum Gasteiger partial charge on any atom is -0.382 e. The molecule has 5 rings (SSSR count). The Bertz CT molecular complexity index is 1430. The summed E-state index contributed by atoms with van der Waals surface area (Å²) in [6.45, 7) is 6.20. The summed E-state index contributed by atoms with van der Waals surface area (Å²) >= 11 is 0. The van der Waals surface area contributed by atoms with E-state index in [1.165, 1.54) is 0 Å². The number of carbonyl (C=O) groups is 1. The van der Waals surface area contributed by atoms with Crippen LogP contribution in [0, 0.1) is 5.92 Å². The van der Waals surface area contributed by atoms with E-state index in [-0.39, 0.29) is 24.2 Å². The summed E-state index contributed by atoms with van der Waals surface area (Å²) in [6, 6.07) is 7.77. The maximum atomic E-state index is 12.3. The predicted octanol–water partition coefficient (Wildman–Crippen LogP) is 2.30. The third-order valence-electron chi connectivity index (χ3n) is 6.98. The molecule has 204 valence electrons. The Kier molecular flexibility index (Phi) is 7.99. The van der Waals surface area contributed by atoms with Crippen molar-refractivity contribution in [2.75, 3.05) is 44.7 Å². The second kappa shape index (κ2) is 11.7. The molecule has 39 heavy (non-hydrogen) atoms. The molecule has 0 radical (unpaired) electrons. The fraction of sp³-hybridized carbons (Fsp3) is 0.393. The van der Waals surface area contributed by atoms with Gasteiger partial charge in [0, 0.05) is 62.3 Å². The summed E-state index contributed by atoms with van der Waals surface area (Å²) in [5.41, 5.74) is 17.5. The number of amides is 1. The molecule has 3 aromatic rings. The molecular weight excluding hydrogens is 492 g/mol. The van der Waals surface area contributed by atoms with E-state index < -0.39 is 0 Å². The first-order valence-electron chi connectivity index (χ1n) is 13.5. The van der Waals surface area contributed by atoms with E-state index in [1.807, 2.05) is 30.3 Å². The number of nitrogens with two attached hydrogens (primary N) is 2. The Hall–Kier alpha value is -4.09. The highest BCUT2D eigenvalue weighted by Gasteiger charge is 2.29. The third-order valence-corrected chi connectivity index (χ3v) is 6.98.